The summed E-state index contributed by atoms with van der Waals surface area (Å²) in [6.07, 6.45) is 5.78. The molecular formula is C22H29NO8S. The van der Waals surface area contributed by atoms with Crippen LogP contribution in [0.3, 0.4) is 0 Å². The van der Waals surface area contributed by atoms with E-state index in [2.05, 4.69) is 0 Å². The molecule has 2 N–H and O–H groups in total. The summed E-state index contributed by atoms with van der Waals surface area (Å²) in [6, 6.07) is 4.02. The molecule has 3 aliphatic rings. The van der Waals surface area contributed by atoms with E-state index in [1.54, 1.807) is 17.4 Å². The molecule has 4 heterocycles. The number of hydrogen-bond acceptors (Lipinski definition) is 7. The fourth-order valence-electron chi connectivity index (χ4n) is 4.19. The van der Waals surface area contributed by atoms with Crippen LogP contribution in [-0.4, -0.2) is 85.7 Å². The van der Waals surface area contributed by atoms with Gasteiger partial charge in [0.1, 0.15) is 0 Å². The quantitative estimate of drug-likeness (QED) is 0.480. The van der Waals surface area contributed by atoms with Gasteiger partial charge in [0.15, 0.2) is 0 Å². The number of fused-ring (bicyclic) bond motifs is 1. The third kappa shape index (κ3) is 6.61. The van der Waals surface area contributed by atoms with Gasteiger partial charge in [0, 0.05) is 55.2 Å². The molecule has 0 aliphatic carbocycles. The van der Waals surface area contributed by atoms with Crippen LogP contribution in [0.5, 0.6) is 0 Å². The van der Waals surface area contributed by atoms with Gasteiger partial charge in [-0.25, -0.2) is 9.59 Å². The first-order chi connectivity index (χ1) is 15.4. The summed E-state index contributed by atoms with van der Waals surface area (Å²) in [5, 5.41) is 16.8. The summed E-state index contributed by atoms with van der Waals surface area (Å²) in [5.41, 5.74) is -0.0302. The van der Waals surface area contributed by atoms with Gasteiger partial charge < -0.3 is 29.3 Å². The van der Waals surface area contributed by atoms with E-state index in [-0.39, 0.29) is 11.3 Å². The second-order valence-corrected chi connectivity index (χ2v) is 9.30. The van der Waals surface area contributed by atoms with Gasteiger partial charge in [-0.2, -0.15) is 0 Å². The predicted molar refractivity (Wildman–Crippen MR) is 116 cm³/mol. The lowest BCUT2D eigenvalue weighted by Gasteiger charge is -2.28. The van der Waals surface area contributed by atoms with Gasteiger partial charge in [0.25, 0.3) is 0 Å². The van der Waals surface area contributed by atoms with Crippen molar-refractivity contribution < 1.29 is 38.8 Å². The topological polar surface area (TPSA) is 123 Å². The van der Waals surface area contributed by atoms with Gasteiger partial charge in [-0.05, 0) is 36.3 Å². The number of carboxylic acids is 2. The zero-order valence-corrected chi connectivity index (χ0v) is 18.6. The highest BCUT2D eigenvalue weighted by molar-refractivity contribution is 7.10. The average Bonchev–Trinajstić information content (AvgIpc) is 3.49. The van der Waals surface area contributed by atoms with Crippen molar-refractivity contribution in [2.24, 2.45) is 17.3 Å². The minimum atomic E-state index is -1.82. The van der Waals surface area contributed by atoms with Crippen LogP contribution in [-0.2, 0) is 28.6 Å². The van der Waals surface area contributed by atoms with Crippen LogP contribution in [0.1, 0.15) is 17.7 Å². The van der Waals surface area contributed by atoms with Crippen molar-refractivity contribution in [3.05, 3.63) is 28.5 Å². The van der Waals surface area contributed by atoms with Crippen LogP contribution in [0.2, 0.25) is 0 Å². The maximum absolute atomic E-state index is 12.6. The minimum Gasteiger partial charge on any atom is -0.473 e. The molecule has 3 saturated heterocycles. The number of likely N-dealkylation sites (tertiary alicyclic amines) is 1. The number of nitrogens with zero attached hydrogens (tertiary/aromatic N) is 1. The van der Waals surface area contributed by atoms with E-state index in [4.69, 9.17) is 34.0 Å². The van der Waals surface area contributed by atoms with Crippen LogP contribution >= 0.6 is 11.3 Å². The van der Waals surface area contributed by atoms with Crippen molar-refractivity contribution in [3.8, 4) is 0 Å². The van der Waals surface area contributed by atoms with Crippen molar-refractivity contribution in [2.45, 2.75) is 12.8 Å². The molecular weight excluding hydrogens is 438 g/mol. The van der Waals surface area contributed by atoms with Gasteiger partial charge in [0.05, 0.1) is 19.8 Å². The zero-order valence-electron chi connectivity index (χ0n) is 17.8. The molecule has 0 aromatic carbocycles. The molecule has 0 bridgehead atoms. The highest BCUT2D eigenvalue weighted by Gasteiger charge is 2.51. The second-order valence-electron chi connectivity index (χ2n) is 8.32. The third-order valence-corrected chi connectivity index (χ3v) is 6.87. The Morgan fingerprint density at radius 2 is 1.97 bits per heavy atom. The molecule has 9 nitrogen and oxygen atoms in total. The Bertz CT molecular complexity index is 793. The van der Waals surface area contributed by atoms with Crippen molar-refractivity contribution >= 4 is 35.3 Å². The lowest BCUT2D eigenvalue weighted by Crippen LogP contribution is -2.37. The molecule has 0 saturated carbocycles. The zero-order chi connectivity index (χ0) is 23.0. The van der Waals surface area contributed by atoms with Crippen LogP contribution in [0, 0.1) is 17.3 Å². The summed E-state index contributed by atoms with van der Waals surface area (Å²) in [4.78, 5) is 33.9. The van der Waals surface area contributed by atoms with Crippen molar-refractivity contribution in [2.75, 3.05) is 52.7 Å². The number of thiophene rings is 1. The standard InChI is InChI=1S/C20H27NO4S.C2H2O4/c22-19(4-3-18-2-1-9-26-18)21-10-17-12-25-15-20(17,13-21)14-24-11-16-5-7-23-8-6-16;3-1(4)2(5)6/h1-4,9,16-17H,5-8,10-15H2;(H,3,4)(H,5,6)/b4-3+;/t17-,20-;/m1./s1. The lowest BCUT2D eigenvalue weighted by molar-refractivity contribution is -0.159. The van der Waals surface area contributed by atoms with Crippen molar-refractivity contribution in [3.63, 3.8) is 0 Å². The summed E-state index contributed by atoms with van der Waals surface area (Å²) >= 11 is 1.64. The minimum absolute atomic E-state index is 0.0302. The molecule has 3 fully saturated rings. The van der Waals surface area contributed by atoms with E-state index in [0.29, 0.717) is 25.0 Å². The van der Waals surface area contributed by atoms with Gasteiger partial charge >= 0.3 is 11.9 Å². The molecule has 3 aliphatic heterocycles. The van der Waals surface area contributed by atoms with Crippen molar-refractivity contribution in [1.82, 2.24) is 4.90 Å². The molecule has 1 aromatic rings. The van der Waals surface area contributed by atoms with Crippen LogP contribution < -0.4 is 0 Å². The van der Waals surface area contributed by atoms with E-state index in [1.165, 1.54) is 0 Å². The van der Waals surface area contributed by atoms with Gasteiger partial charge in [-0.3, -0.25) is 4.79 Å². The number of rotatable bonds is 6. The van der Waals surface area contributed by atoms with Gasteiger partial charge in [-0.1, -0.05) is 6.07 Å². The van der Waals surface area contributed by atoms with Gasteiger partial charge in [-0.15, -0.1) is 11.3 Å². The fourth-order valence-corrected chi connectivity index (χ4v) is 4.81. The first-order valence-electron chi connectivity index (χ1n) is 10.6. The first-order valence-corrected chi connectivity index (χ1v) is 11.5. The Labute approximate surface area is 190 Å². The molecule has 32 heavy (non-hydrogen) atoms. The Hall–Kier alpha value is -2.27. The van der Waals surface area contributed by atoms with Crippen LogP contribution in [0.25, 0.3) is 6.08 Å². The molecule has 10 heteroatoms. The Morgan fingerprint density at radius 3 is 2.62 bits per heavy atom. The number of aliphatic carboxylic acids is 2. The van der Waals surface area contributed by atoms with E-state index >= 15 is 0 Å². The number of ether oxygens (including phenoxy) is 3. The largest absolute Gasteiger partial charge is 0.473 e. The lowest BCUT2D eigenvalue weighted by atomic mass is 9.82. The van der Waals surface area contributed by atoms with E-state index in [0.717, 1.165) is 57.2 Å². The highest BCUT2D eigenvalue weighted by Crippen LogP contribution is 2.41. The molecule has 4 rings (SSSR count). The average molecular weight is 468 g/mol. The molecule has 0 spiro atoms. The maximum atomic E-state index is 12.6. The number of amides is 1. The Balaban J connectivity index is 0.000000427. The SMILES string of the molecule is O=C(/C=C/c1cccs1)N1C[C@@H]2COC[C@]2(COCC2CCOCC2)C1.O=C(O)C(=O)O. The smallest absolute Gasteiger partial charge is 0.414 e. The molecule has 0 unspecified atom stereocenters. The molecule has 1 amide bonds. The van der Waals surface area contributed by atoms with Crippen molar-refractivity contribution in [1.29, 1.82) is 0 Å². The monoisotopic (exact) mass is 467 g/mol. The van der Waals surface area contributed by atoms with E-state index < -0.39 is 11.9 Å². The summed E-state index contributed by atoms with van der Waals surface area (Å²) in [7, 11) is 0. The van der Waals surface area contributed by atoms with E-state index in [1.807, 2.05) is 28.5 Å². The molecule has 0 radical (unpaired) electrons. The normalized spacial score (nSPS) is 25.4. The fraction of sp³-hybridized carbons (Fsp3) is 0.591. The molecule has 176 valence electrons. The Kier molecular flexibility index (Phi) is 8.80. The van der Waals surface area contributed by atoms with Crippen LogP contribution in [0.15, 0.2) is 23.6 Å². The Morgan fingerprint density at radius 1 is 1.22 bits per heavy atom. The predicted octanol–water partition coefficient (Wildman–Crippen LogP) is 1.84. The number of hydrogen-bond donors (Lipinski definition) is 2. The highest BCUT2D eigenvalue weighted by atomic mass is 32.1. The van der Waals surface area contributed by atoms with Crippen LogP contribution in [0.4, 0.5) is 0 Å². The van der Waals surface area contributed by atoms with E-state index in [9.17, 15) is 4.79 Å². The number of carboxylic acid groups (broad SMARTS) is 2. The first kappa shape index (κ1) is 24.4. The summed E-state index contributed by atoms with van der Waals surface area (Å²) in [5.74, 6) is -2.56. The maximum Gasteiger partial charge on any atom is 0.414 e. The second kappa shape index (κ2) is 11.6. The number of carbonyl (C=O) groups is 3. The molecule has 1 aromatic heterocycles. The summed E-state index contributed by atoms with van der Waals surface area (Å²) < 4.78 is 17.3. The van der Waals surface area contributed by atoms with Gasteiger partial charge in [0.2, 0.25) is 5.91 Å². The number of carbonyl (C=O) groups excluding carboxylic acids is 1. The molecule has 2 atom stereocenters. The third-order valence-electron chi connectivity index (χ3n) is 6.03. The summed E-state index contributed by atoms with van der Waals surface area (Å²) in [6.45, 7) is 6.13.